The summed E-state index contributed by atoms with van der Waals surface area (Å²) in [7, 11) is 0. The van der Waals surface area contributed by atoms with Gasteiger partial charge in [0.05, 0.1) is 0 Å². The summed E-state index contributed by atoms with van der Waals surface area (Å²) >= 11 is 0. The number of nitrogens with one attached hydrogen (secondary N) is 1. The Kier molecular flexibility index (Phi) is 4.20. The van der Waals surface area contributed by atoms with E-state index < -0.39 is 0 Å². The highest BCUT2D eigenvalue weighted by Crippen LogP contribution is 2.33. The maximum Gasteiger partial charge on any atom is 0.231 e. The van der Waals surface area contributed by atoms with Crippen LogP contribution in [0, 0.1) is 0 Å². The number of carbonyl (C=O) groups excluding carboxylic acids is 1. The molecule has 0 radical (unpaired) electrons. The summed E-state index contributed by atoms with van der Waals surface area (Å²) in [5.74, 6) is 0.671. The minimum Gasteiger partial charge on any atom is -0.492 e. The van der Waals surface area contributed by atoms with Crippen molar-refractivity contribution in [2.45, 2.75) is 31.7 Å². The first-order chi connectivity index (χ1) is 8.72. The molecular formula is C14H20N2O2. The second-order valence-corrected chi connectivity index (χ2v) is 4.65. The highest BCUT2D eigenvalue weighted by atomic mass is 16.5. The second kappa shape index (κ2) is 5.87. The molecule has 1 heterocycles. The SMILES string of the molecule is CCC(N)CCNC(=O)C1COc2ccccc21. The molecule has 2 unspecified atom stereocenters. The largest absolute Gasteiger partial charge is 0.492 e. The van der Waals surface area contributed by atoms with Gasteiger partial charge in [0.25, 0.3) is 0 Å². The maximum absolute atomic E-state index is 12.0. The molecule has 1 aromatic carbocycles. The highest BCUT2D eigenvalue weighted by molar-refractivity contribution is 5.85. The monoisotopic (exact) mass is 248 g/mol. The van der Waals surface area contributed by atoms with Crippen LogP contribution in [0.4, 0.5) is 0 Å². The summed E-state index contributed by atoms with van der Waals surface area (Å²) in [5, 5.41) is 2.93. The van der Waals surface area contributed by atoms with E-state index >= 15 is 0 Å². The molecule has 98 valence electrons. The Morgan fingerprint density at radius 3 is 3.11 bits per heavy atom. The Labute approximate surface area is 108 Å². The topological polar surface area (TPSA) is 64.3 Å². The third kappa shape index (κ3) is 2.82. The van der Waals surface area contributed by atoms with Crippen LogP contribution < -0.4 is 15.8 Å². The summed E-state index contributed by atoms with van der Waals surface area (Å²) < 4.78 is 5.50. The first kappa shape index (κ1) is 12.9. The van der Waals surface area contributed by atoms with Gasteiger partial charge in [-0.2, -0.15) is 0 Å². The molecule has 0 saturated carbocycles. The molecule has 1 aromatic rings. The number of hydrogen-bond acceptors (Lipinski definition) is 3. The zero-order valence-corrected chi connectivity index (χ0v) is 10.7. The van der Waals surface area contributed by atoms with Crippen molar-refractivity contribution in [3.05, 3.63) is 29.8 Å². The molecule has 2 rings (SSSR count). The third-order valence-electron chi connectivity index (χ3n) is 3.36. The van der Waals surface area contributed by atoms with Crippen LogP contribution in [0.15, 0.2) is 24.3 Å². The molecule has 0 aliphatic carbocycles. The van der Waals surface area contributed by atoms with E-state index in [9.17, 15) is 4.79 Å². The quantitative estimate of drug-likeness (QED) is 0.828. The van der Waals surface area contributed by atoms with Crippen LogP contribution in [0.1, 0.15) is 31.2 Å². The van der Waals surface area contributed by atoms with Crippen molar-refractivity contribution in [3.63, 3.8) is 0 Å². The summed E-state index contributed by atoms with van der Waals surface area (Å²) in [6.07, 6.45) is 1.75. The smallest absolute Gasteiger partial charge is 0.231 e. The summed E-state index contributed by atoms with van der Waals surface area (Å²) in [5.41, 5.74) is 6.79. The van der Waals surface area contributed by atoms with Gasteiger partial charge in [-0.3, -0.25) is 4.79 Å². The average molecular weight is 248 g/mol. The molecular weight excluding hydrogens is 228 g/mol. The van der Waals surface area contributed by atoms with E-state index in [-0.39, 0.29) is 17.9 Å². The molecule has 2 atom stereocenters. The number of ether oxygens (including phenoxy) is 1. The molecule has 0 saturated heterocycles. The fraction of sp³-hybridized carbons (Fsp3) is 0.500. The van der Waals surface area contributed by atoms with Gasteiger partial charge in [-0.05, 0) is 18.9 Å². The number of amides is 1. The Balaban J connectivity index is 1.88. The normalized spacial score (nSPS) is 18.9. The van der Waals surface area contributed by atoms with Crippen molar-refractivity contribution in [1.29, 1.82) is 0 Å². The lowest BCUT2D eigenvalue weighted by Gasteiger charge is -2.12. The van der Waals surface area contributed by atoms with E-state index in [0.29, 0.717) is 13.2 Å². The van der Waals surface area contributed by atoms with E-state index in [1.165, 1.54) is 0 Å². The Hall–Kier alpha value is -1.55. The number of hydrogen-bond donors (Lipinski definition) is 2. The molecule has 4 heteroatoms. The summed E-state index contributed by atoms with van der Waals surface area (Å²) in [4.78, 5) is 12.0. The maximum atomic E-state index is 12.0. The van der Waals surface area contributed by atoms with Crippen LogP contribution >= 0.6 is 0 Å². The summed E-state index contributed by atoms with van der Waals surface area (Å²) in [6, 6.07) is 7.86. The highest BCUT2D eigenvalue weighted by Gasteiger charge is 2.29. The molecule has 18 heavy (non-hydrogen) atoms. The van der Waals surface area contributed by atoms with E-state index in [4.69, 9.17) is 10.5 Å². The molecule has 0 fully saturated rings. The number of fused-ring (bicyclic) bond motifs is 1. The number of nitrogens with two attached hydrogens (primary N) is 1. The van der Waals surface area contributed by atoms with Crippen molar-refractivity contribution in [1.82, 2.24) is 5.32 Å². The molecule has 1 amide bonds. The molecule has 1 aliphatic rings. The fourth-order valence-electron chi connectivity index (χ4n) is 2.09. The van der Waals surface area contributed by atoms with Crippen LogP contribution in [0.2, 0.25) is 0 Å². The first-order valence-electron chi connectivity index (χ1n) is 6.47. The number of carbonyl (C=O) groups is 1. The molecule has 0 spiro atoms. The number of rotatable bonds is 5. The van der Waals surface area contributed by atoms with Gasteiger partial charge in [-0.15, -0.1) is 0 Å². The standard InChI is InChI=1S/C14H20N2O2/c1-2-10(15)7-8-16-14(17)12-9-18-13-6-4-3-5-11(12)13/h3-6,10,12H,2,7-9,15H2,1H3,(H,16,17). The van der Waals surface area contributed by atoms with Crippen molar-refractivity contribution < 1.29 is 9.53 Å². The molecule has 3 N–H and O–H groups in total. The van der Waals surface area contributed by atoms with E-state index in [1.807, 2.05) is 31.2 Å². The van der Waals surface area contributed by atoms with Crippen LogP contribution in [-0.2, 0) is 4.79 Å². The predicted molar refractivity (Wildman–Crippen MR) is 70.6 cm³/mol. The first-order valence-corrected chi connectivity index (χ1v) is 6.47. The van der Waals surface area contributed by atoms with Gasteiger partial charge in [0.15, 0.2) is 0 Å². The van der Waals surface area contributed by atoms with Crippen LogP contribution in [-0.4, -0.2) is 25.1 Å². The Morgan fingerprint density at radius 1 is 1.56 bits per heavy atom. The molecule has 0 aromatic heterocycles. The zero-order chi connectivity index (χ0) is 13.0. The van der Waals surface area contributed by atoms with Gasteiger partial charge in [-0.1, -0.05) is 25.1 Å². The Bertz CT molecular complexity index is 420. The summed E-state index contributed by atoms with van der Waals surface area (Å²) in [6.45, 7) is 3.12. The molecule has 1 aliphatic heterocycles. The van der Waals surface area contributed by atoms with Crippen LogP contribution in [0.5, 0.6) is 5.75 Å². The number of benzene rings is 1. The van der Waals surface area contributed by atoms with E-state index in [2.05, 4.69) is 5.32 Å². The van der Waals surface area contributed by atoms with Gasteiger partial charge < -0.3 is 15.8 Å². The lowest BCUT2D eigenvalue weighted by Crippen LogP contribution is -2.33. The lowest BCUT2D eigenvalue weighted by atomic mass is 10.0. The molecule has 4 nitrogen and oxygen atoms in total. The van der Waals surface area contributed by atoms with Gasteiger partial charge in [0.2, 0.25) is 5.91 Å². The van der Waals surface area contributed by atoms with Crippen LogP contribution in [0.25, 0.3) is 0 Å². The Morgan fingerprint density at radius 2 is 2.33 bits per heavy atom. The van der Waals surface area contributed by atoms with Crippen molar-refractivity contribution >= 4 is 5.91 Å². The predicted octanol–water partition coefficient (Wildman–Crippen LogP) is 1.41. The lowest BCUT2D eigenvalue weighted by molar-refractivity contribution is -0.122. The minimum absolute atomic E-state index is 0.0308. The minimum atomic E-state index is -0.181. The fourth-order valence-corrected chi connectivity index (χ4v) is 2.09. The van der Waals surface area contributed by atoms with Gasteiger partial charge in [0, 0.05) is 18.2 Å². The van der Waals surface area contributed by atoms with Crippen molar-refractivity contribution in [2.75, 3.05) is 13.2 Å². The van der Waals surface area contributed by atoms with Gasteiger partial charge >= 0.3 is 0 Å². The second-order valence-electron chi connectivity index (χ2n) is 4.65. The van der Waals surface area contributed by atoms with Gasteiger partial charge in [0.1, 0.15) is 18.3 Å². The van der Waals surface area contributed by atoms with Crippen molar-refractivity contribution in [3.8, 4) is 5.75 Å². The molecule has 0 bridgehead atoms. The third-order valence-corrected chi connectivity index (χ3v) is 3.36. The average Bonchev–Trinajstić information content (AvgIpc) is 2.82. The zero-order valence-electron chi connectivity index (χ0n) is 10.7. The van der Waals surface area contributed by atoms with E-state index in [1.54, 1.807) is 0 Å². The van der Waals surface area contributed by atoms with Crippen LogP contribution in [0.3, 0.4) is 0 Å². The van der Waals surface area contributed by atoms with E-state index in [0.717, 1.165) is 24.2 Å². The van der Waals surface area contributed by atoms with Crippen molar-refractivity contribution in [2.24, 2.45) is 5.73 Å². The number of para-hydroxylation sites is 1. The van der Waals surface area contributed by atoms with Gasteiger partial charge in [-0.25, -0.2) is 0 Å².